The molecule has 0 fully saturated rings. The van der Waals surface area contributed by atoms with Gasteiger partial charge in [-0.15, -0.1) is 0 Å². The summed E-state index contributed by atoms with van der Waals surface area (Å²) in [5, 5.41) is 5.83. The van der Waals surface area contributed by atoms with Gasteiger partial charge in [-0.3, -0.25) is 0 Å². The van der Waals surface area contributed by atoms with E-state index in [0.29, 0.717) is 5.92 Å². The minimum atomic E-state index is 0.603. The first kappa shape index (κ1) is 11.4. The highest BCUT2D eigenvalue weighted by atomic mass is 32.1. The van der Waals surface area contributed by atoms with E-state index in [1.54, 1.807) is 0 Å². The minimum absolute atomic E-state index is 0.603. The van der Waals surface area contributed by atoms with Gasteiger partial charge < -0.3 is 11.1 Å². The molecule has 0 saturated carbocycles. The van der Waals surface area contributed by atoms with Crippen LogP contribution in [0.3, 0.4) is 0 Å². The van der Waals surface area contributed by atoms with Crippen molar-refractivity contribution in [2.75, 3.05) is 18.4 Å². The summed E-state index contributed by atoms with van der Waals surface area (Å²) >= 11 is 1.53. The van der Waals surface area contributed by atoms with Gasteiger partial charge in [-0.1, -0.05) is 19.1 Å². The summed E-state index contributed by atoms with van der Waals surface area (Å²) < 4.78 is 4.40. The van der Waals surface area contributed by atoms with Crippen LogP contribution in [-0.2, 0) is 0 Å². The molecule has 0 saturated heterocycles. The molecule has 1 heterocycles. The van der Waals surface area contributed by atoms with Gasteiger partial charge in [-0.25, -0.2) is 0 Å². The van der Waals surface area contributed by atoms with E-state index in [0.717, 1.165) is 25.0 Å². The highest BCUT2D eigenvalue weighted by molar-refractivity contribution is 7.11. The van der Waals surface area contributed by atoms with Gasteiger partial charge in [-0.05, 0) is 42.5 Å². The van der Waals surface area contributed by atoms with E-state index in [1.807, 2.05) is 18.2 Å². The number of anilines is 1. The summed E-state index contributed by atoms with van der Waals surface area (Å²) in [6.45, 7) is 3.93. The molecule has 3 N–H and O–H groups in total. The van der Waals surface area contributed by atoms with Gasteiger partial charge in [0, 0.05) is 11.9 Å². The molecule has 0 bridgehead atoms. The number of hydrogen-bond acceptors (Lipinski definition) is 4. The molecule has 0 aliphatic carbocycles. The van der Waals surface area contributed by atoms with Crippen LogP contribution in [0.2, 0.25) is 0 Å². The Balaban J connectivity index is 2.04. The standard InChI is InChI=1S/C12H17N3S/c1-9(6-7-13)8-14-12-10-4-2-3-5-11(10)15-16-12/h2-5,9,14H,6-8,13H2,1H3. The molecule has 0 aliphatic rings. The molecule has 4 heteroatoms. The van der Waals surface area contributed by atoms with Gasteiger partial charge in [-0.2, -0.15) is 4.37 Å². The van der Waals surface area contributed by atoms with Crippen molar-refractivity contribution in [1.29, 1.82) is 0 Å². The molecule has 2 aromatic rings. The molecule has 1 atom stereocenters. The Bertz CT molecular complexity index is 452. The average molecular weight is 235 g/mol. The van der Waals surface area contributed by atoms with Crippen molar-refractivity contribution in [2.24, 2.45) is 11.7 Å². The van der Waals surface area contributed by atoms with Crippen molar-refractivity contribution in [3.63, 3.8) is 0 Å². The van der Waals surface area contributed by atoms with Crippen LogP contribution >= 0.6 is 11.5 Å². The fourth-order valence-corrected chi connectivity index (χ4v) is 2.44. The normalized spacial score (nSPS) is 12.9. The second kappa shape index (κ2) is 5.27. The molecule has 0 amide bonds. The van der Waals surface area contributed by atoms with Crippen LogP contribution in [0.15, 0.2) is 24.3 Å². The largest absolute Gasteiger partial charge is 0.375 e. The van der Waals surface area contributed by atoms with Crippen molar-refractivity contribution in [1.82, 2.24) is 4.37 Å². The lowest BCUT2D eigenvalue weighted by atomic mass is 10.1. The fraction of sp³-hybridized carbons (Fsp3) is 0.417. The Hall–Kier alpha value is -1.13. The predicted octanol–water partition coefficient (Wildman–Crippen LogP) is 2.69. The first-order chi connectivity index (χ1) is 7.81. The third kappa shape index (κ3) is 2.51. The van der Waals surface area contributed by atoms with Crippen molar-refractivity contribution in [2.45, 2.75) is 13.3 Å². The fourth-order valence-electron chi connectivity index (χ4n) is 1.67. The number of benzene rings is 1. The van der Waals surface area contributed by atoms with E-state index in [4.69, 9.17) is 5.73 Å². The van der Waals surface area contributed by atoms with E-state index >= 15 is 0 Å². The average Bonchev–Trinajstić information content (AvgIpc) is 2.70. The summed E-state index contributed by atoms with van der Waals surface area (Å²) in [6.07, 6.45) is 1.06. The van der Waals surface area contributed by atoms with Crippen LogP contribution < -0.4 is 11.1 Å². The Morgan fingerprint density at radius 3 is 3.06 bits per heavy atom. The second-order valence-electron chi connectivity index (χ2n) is 4.09. The monoisotopic (exact) mass is 235 g/mol. The van der Waals surface area contributed by atoms with Gasteiger partial charge in [0.05, 0.1) is 5.52 Å². The van der Waals surface area contributed by atoms with Gasteiger partial charge in [0.15, 0.2) is 0 Å². The van der Waals surface area contributed by atoms with Gasteiger partial charge >= 0.3 is 0 Å². The van der Waals surface area contributed by atoms with E-state index in [9.17, 15) is 0 Å². The first-order valence-corrected chi connectivity index (χ1v) is 6.37. The lowest BCUT2D eigenvalue weighted by Gasteiger charge is -2.10. The number of hydrogen-bond donors (Lipinski definition) is 2. The van der Waals surface area contributed by atoms with Crippen LogP contribution in [0.5, 0.6) is 0 Å². The van der Waals surface area contributed by atoms with E-state index in [1.165, 1.54) is 21.9 Å². The molecular formula is C12H17N3S. The molecule has 2 rings (SSSR count). The maximum absolute atomic E-state index is 5.53. The second-order valence-corrected chi connectivity index (χ2v) is 4.87. The lowest BCUT2D eigenvalue weighted by molar-refractivity contribution is 0.569. The first-order valence-electron chi connectivity index (χ1n) is 5.59. The predicted molar refractivity (Wildman–Crippen MR) is 70.9 cm³/mol. The number of nitrogens with one attached hydrogen (secondary N) is 1. The topological polar surface area (TPSA) is 50.9 Å². The molecule has 1 aromatic heterocycles. The highest BCUT2D eigenvalue weighted by Gasteiger charge is 2.06. The molecular weight excluding hydrogens is 218 g/mol. The van der Waals surface area contributed by atoms with Crippen LogP contribution in [-0.4, -0.2) is 17.5 Å². The quantitative estimate of drug-likeness (QED) is 0.837. The van der Waals surface area contributed by atoms with Crippen molar-refractivity contribution >= 4 is 27.4 Å². The van der Waals surface area contributed by atoms with Crippen LogP contribution in [0.25, 0.3) is 10.9 Å². The molecule has 1 unspecified atom stereocenters. The number of aromatic nitrogens is 1. The molecule has 1 aromatic carbocycles. The van der Waals surface area contributed by atoms with Gasteiger partial charge in [0.25, 0.3) is 0 Å². The Labute approximate surface area is 99.8 Å². The molecule has 16 heavy (non-hydrogen) atoms. The number of rotatable bonds is 5. The van der Waals surface area contributed by atoms with Crippen molar-refractivity contribution in [3.05, 3.63) is 24.3 Å². The summed E-state index contributed by atoms with van der Waals surface area (Å²) in [6, 6.07) is 8.21. The molecule has 0 spiro atoms. The number of nitrogens with two attached hydrogens (primary N) is 1. The van der Waals surface area contributed by atoms with Crippen LogP contribution in [0.4, 0.5) is 5.00 Å². The zero-order chi connectivity index (χ0) is 11.4. The smallest absolute Gasteiger partial charge is 0.117 e. The summed E-state index contributed by atoms with van der Waals surface area (Å²) in [5.74, 6) is 0.603. The SMILES string of the molecule is CC(CCN)CNc1snc2ccccc12. The molecule has 3 nitrogen and oxygen atoms in total. The van der Waals surface area contributed by atoms with Gasteiger partial charge in [0.2, 0.25) is 0 Å². The Morgan fingerprint density at radius 2 is 2.25 bits per heavy atom. The van der Waals surface area contributed by atoms with Crippen LogP contribution in [0.1, 0.15) is 13.3 Å². The summed E-state index contributed by atoms with van der Waals surface area (Å²) in [7, 11) is 0. The molecule has 0 radical (unpaired) electrons. The van der Waals surface area contributed by atoms with E-state index in [-0.39, 0.29) is 0 Å². The zero-order valence-electron chi connectivity index (χ0n) is 9.44. The maximum atomic E-state index is 5.53. The summed E-state index contributed by atoms with van der Waals surface area (Å²) in [4.78, 5) is 0. The zero-order valence-corrected chi connectivity index (χ0v) is 10.3. The highest BCUT2D eigenvalue weighted by Crippen LogP contribution is 2.27. The van der Waals surface area contributed by atoms with Crippen molar-refractivity contribution < 1.29 is 0 Å². The van der Waals surface area contributed by atoms with Crippen LogP contribution in [0, 0.1) is 5.92 Å². The Kier molecular flexibility index (Phi) is 3.74. The van der Waals surface area contributed by atoms with E-state index < -0.39 is 0 Å². The number of fused-ring (bicyclic) bond motifs is 1. The van der Waals surface area contributed by atoms with E-state index in [2.05, 4.69) is 22.7 Å². The molecule has 0 aliphatic heterocycles. The Morgan fingerprint density at radius 1 is 1.44 bits per heavy atom. The summed E-state index contributed by atoms with van der Waals surface area (Å²) in [5.41, 5.74) is 6.60. The lowest BCUT2D eigenvalue weighted by Crippen LogP contribution is -2.14. The maximum Gasteiger partial charge on any atom is 0.117 e. The van der Waals surface area contributed by atoms with Crippen molar-refractivity contribution in [3.8, 4) is 0 Å². The third-order valence-electron chi connectivity index (χ3n) is 2.65. The minimum Gasteiger partial charge on any atom is -0.375 e. The van der Waals surface area contributed by atoms with Gasteiger partial charge in [0.1, 0.15) is 5.00 Å². The number of nitrogens with zero attached hydrogens (tertiary/aromatic N) is 1. The molecule has 86 valence electrons. The third-order valence-corrected chi connectivity index (χ3v) is 3.49.